The fourth-order valence-electron chi connectivity index (χ4n) is 3.82. The van der Waals surface area contributed by atoms with E-state index in [0.717, 1.165) is 12.5 Å². The minimum absolute atomic E-state index is 0.655. The molecule has 0 spiro atoms. The highest BCUT2D eigenvalue weighted by molar-refractivity contribution is 5.27. The monoisotopic (exact) mass is 273 g/mol. The van der Waals surface area contributed by atoms with E-state index in [-0.39, 0.29) is 0 Å². The molecule has 2 N–H and O–H groups in total. The molecule has 0 saturated carbocycles. The van der Waals surface area contributed by atoms with Gasteiger partial charge in [-0.2, -0.15) is 0 Å². The molecule has 2 saturated heterocycles. The smallest absolute Gasteiger partial charge is 0.0224 e. The van der Waals surface area contributed by atoms with E-state index in [4.69, 9.17) is 5.73 Å². The molecule has 0 amide bonds. The number of piperazine rings is 1. The summed E-state index contributed by atoms with van der Waals surface area (Å²) < 4.78 is 0. The molecule has 3 nitrogen and oxygen atoms in total. The summed E-state index contributed by atoms with van der Waals surface area (Å²) in [6.07, 6.45) is 3.91. The van der Waals surface area contributed by atoms with Gasteiger partial charge in [0.05, 0.1) is 0 Å². The summed E-state index contributed by atoms with van der Waals surface area (Å²) in [4.78, 5) is 5.37. The lowest BCUT2D eigenvalue weighted by molar-refractivity contribution is 0.0604. The first-order valence-electron chi connectivity index (χ1n) is 8.03. The van der Waals surface area contributed by atoms with Crippen molar-refractivity contribution in [1.29, 1.82) is 0 Å². The summed E-state index contributed by atoms with van der Waals surface area (Å²) in [6.45, 7) is 8.03. The minimum Gasteiger partial charge on any atom is -0.326 e. The van der Waals surface area contributed by atoms with E-state index in [1.807, 2.05) is 0 Å². The zero-order valence-electron chi connectivity index (χ0n) is 12.6. The molecule has 2 heterocycles. The van der Waals surface area contributed by atoms with Crippen molar-refractivity contribution in [2.24, 2.45) is 5.73 Å². The minimum atomic E-state index is 0.655. The average molecular weight is 273 g/mol. The normalized spacial score (nSPS) is 27.7. The Kier molecular flexibility index (Phi) is 4.39. The molecule has 2 fully saturated rings. The van der Waals surface area contributed by atoms with Crippen LogP contribution in [0.3, 0.4) is 0 Å². The molecule has 2 aliphatic rings. The molecule has 20 heavy (non-hydrogen) atoms. The lowest BCUT2D eigenvalue weighted by atomic mass is 10.0. The van der Waals surface area contributed by atoms with Gasteiger partial charge in [0.25, 0.3) is 0 Å². The predicted molar refractivity (Wildman–Crippen MR) is 83.7 cm³/mol. The van der Waals surface area contributed by atoms with Crippen LogP contribution >= 0.6 is 0 Å². The van der Waals surface area contributed by atoms with Gasteiger partial charge in [-0.05, 0) is 43.9 Å². The van der Waals surface area contributed by atoms with Crippen LogP contribution in [0.1, 0.15) is 30.9 Å². The first-order chi connectivity index (χ1) is 9.78. The topological polar surface area (TPSA) is 32.5 Å². The van der Waals surface area contributed by atoms with Gasteiger partial charge < -0.3 is 5.73 Å². The van der Waals surface area contributed by atoms with Crippen molar-refractivity contribution in [3.8, 4) is 0 Å². The third-order valence-electron chi connectivity index (χ3n) is 5.07. The molecule has 1 aromatic rings. The van der Waals surface area contributed by atoms with Gasteiger partial charge in [-0.3, -0.25) is 9.80 Å². The summed E-state index contributed by atoms with van der Waals surface area (Å²) in [5, 5.41) is 0. The Balaban J connectivity index is 1.60. The Morgan fingerprint density at radius 3 is 2.80 bits per heavy atom. The second-order valence-electron chi connectivity index (χ2n) is 6.36. The number of hydrogen-bond acceptors (Lipinski definition) is 3. The van der Waals surface area contributed by atoms with E-state index < -0.39 is 0 Å². The number of rotatable bonds is 4. The van der Waals surface area contributed by atoms with Gasteiger partial charge in [-0.25, -0.2) is 0 Å². The van der Waals surface area contributed by atoms with Gasteiger partial charge in [-0.15, -0.1) is 0 Å². The molecule has 0 aliphatic carbocycles. The largest absolute Gasteiger partial charge is 0.326 e. The number of nitrogens with two attached hydrogens (primary N) is 1. The van der Waals surface area contributed by atoms with E-state index in [2.05, 4.69) is 41.0 Å². The maximum atomic E-state index is 5.84. The zero-order chi connectivity index (χ0) is 13.9. The summed E-state index contributed by atoms with van der Waals surface area (Å²) in [5.41, 5.74) is 8.57. The van der Waals surface area contributed by atoms with Crippen molar-refractivity contribution in [1.82, 2.24) is 9.80 Å². The molecule has 2 aliphatic heterocycles. The van der Waals surface area contributed by atoms with Gasteiger partial charge in [0.2, 0.25) is 0 Å². The van der Waals surface area contributed by atoms with Crippen molar-refractivity contribution in [3.05, 3.63) is 35.4 Å². The molecule has 1 aromatic carbocycles. The maximum Gasteiger partial charge on any atom is 0.0224 e. The maximum absolute atomic E-state index is 5.84. The fourth-order valence-corrected chi connectivity index (χ4v) is 3.82. The Morgan fingerprint density at radius 2 is 2.00 bits per heavy atom. The highest BCUT2D eigenvalue weighted by Crippen LogP contribution is 2.24. The molecule has 3 heteroatoms. The molecule has 0 radical (unpaired) electrons. The lowest BCUT2D eigenvalue weighted by Crippen LogP contribution is -2.55. The molecular weight excluding hydrogens is 246 g/mol. The Morgan fingerprint density at radius 1 is 1.20 bits per heavy atom. The van der Waals surface area contributed by atoms with Crippen LogP contribution < -0.4 is 5.73 Å². The van der Waals surface area contributed by atoms with Crippen LogP contribution in [0.4, 0.5) is 0 Å². The highest BCUT2D eigenvalue weighted by Gasteiger charge is 2.33. The summed E-state index contributed by atoms with van der Waals surface area (Å²) in [5.74, 6) is 0. The van der Waals surface area contributed by atoms with Gasteiger partial charge in [0, 0.05) is 38.3 Å². The third-order valence-corrected chi connectivity index (χ3v) is 5.07. The van der Waals surface area contributed by atoms with Gasteiger partial charge in [0.15, 0.2) is 0 Å². The van der Waals surface area contributed by atoms with Gasteiger partial charge >= 0.3 is 0 Å². The van der Waals surface area contributed by atoms with Crippen LogP contribution in [0, 0.1) is 0 Å². The standard InChI is InChI=1S/C17H27N3/c1-14-12-20-9-4-7-17(20)13-19(14)10-8-15-5-2-3-6-16(15)11-18/h2-3,5-6,14,17H,4,7-13,18H2,1H3. The number of hydrogen-bond donors (Lipinski definition) is 1. The molecule has 2 unspecified atom stereocenters. The fraction of sp³-hybridized carbons (Fsp3) is 0.647. The van der Waals surface area contributed by atoms with E-state index in [1.54, 1.807) is 0 Å². The SMILES string of the molecule is CC1CN2CCCC2CN1CCc1ccccc1CN. The summed E-state index contributed by atoms with van der Waals surface area (Å²) >= 11 is 0. The number of nitrogens with zero attached hydrogens (tertiary/aromatic N) is 2. The number of benzene rings is 1. The van der Waals surface area contributed by atoms with Crippen LogP contribution in [0.15, 0.2) is 24.3 Å². The molecule has 110 valence electrons. The lowest BCUT2D eigenvalue weighted by Gasteiger charge is -2.42. The van der Waals surface area contributed by atoms with Gasteiger partial charge in [0.1, 0.15) is 0 Å². The van der Waals surface area contributed by atoms with E-state index in [9.17, 15) is 0 Å². The molecule has 3 rings (SSSR count). The average Bonchev–Trinajstić information content (AvgIpc) is 2.92. The van der Waals surface area contributed by atoms with Crippen molar-refractivity contribution < 1.29 is 0 Å². The molecule has 2 atom stereocenters. The van der Waals surface area contributed by atoms with Crippen molar-refractivity contribution >= 4 is 0 Å². The second kappa shape index (κ2) is 6.25. The zero-order valence-corrected chi connectivity index (χ0v) is 12.6. The first kappa shape index (κ1) is 14.1. The Bertz CT molecular complexity index is 446. The van der Waals surface area contributed by atoms with Crippen LogP contribution in [0.25, 0.3) is 0 Å². The van der Waals surface area contributed by atoms with E-state index in [0.29, 0.717) is 12.6 Å². The quantitative estimate of drug-likeness (QED) is 0.909. The van der Waals surface area contributed by atoms with Crippen molar-refractivity contribution in [3.63, 3.8) is 0 Å². The highest BCUT2D eigenvalue weighted by atomic mass is 15.3. The van der Waals surface area contributed by atoms with Crippen molar-refractivity contribution in [2.45, 2.75) is 44.8 Å². The molecule has 0 aromatic heterocycles. The first-order valence-corrected chi connectivity index (χ1v) is 8.03. The number of fused-ring (bicyclic) bond motifs is 1. The van der Waals surface area contributed by atoms with Crippen LogP contribution in [-0.2, 0) is 13.0 Å². The van der Waals surface area contributed by atoms with Crippen LogP contribution in [0.5, 0.6) is 0 Å². The second-order valence-corrected chi connectivity index (χ2v) is 6.36. The molecule has 0 bridgehead atoms. The summed E-state index contributed by atoms with van der Waals surface area (Å²) in [7, 11) is 0. The van der Waals surface area contributed by atoms with E-state index >= 15 is 0 Å². The Hall–Kier alpha value is -0.900. The predicted octanol–water partition coefficient (Wildman–Crippen LogP) is 1.86. The molecular formula is C17H27N3. The van der Waals surface area contributed by atoms with Crippen molar-refractivity contribution in [2.75, 3.05) is 26.2 Å². The third kappa shape index (κ3) is 2.90. The van der Waals surface area contributed by atoms with Crippen LogP contribution in [-0.4, -0.2) is 48.1 Å². The van der Waals surface area contributed by atoms with E-state index in [1.165, 1.54) is 50.1 Å². The Labute approximate surface area is 122 Å². The summed E-state index contributed by atoms with van der Waals surface area (Å²) in [6, 6.07) is 10.1. The van der Waals surface area contributed by atoms with Crippen LogP contribution in [0.2, 0.25) is 0 Å². The van der Waals surface area contributed by atoms with Gasteiger partial charge in [-0.1, -0.05) is 24.3 Å².